The highest BCUT2D eigenvalue weighted by molar-refractivity contribution is 5.86. The van der Waals surface area contributed by atoms with E-state index in [0.717, 1.165) is 18.4 Å². The molecule has 1 saturated carbocycles. The lowest BCUT2D eigenvalue weighted by Gasteiger charge is -2.07. The van der Waals surface area contributed by atoms with Gasteiger partial charge in [0.2, 0.25) is 17.7 Å². The number of hydrogen-bond donors (Lipinski definition) is 3. The van der Waals surface area contributed by atoms with Gasteiger partial charge in [0.05, 0.1) is 0 Å². The first-order valence-electron chi connectivity index (χ1n) is 7.04. The molecular weight excluding hydrogens is 270 g/mol. The molecule has 3 amide bonds. The molecule has 1 aliphatic rings. The molecule has 1 aromatic rings. The van der Waals surface area contributed by atoms with Crippen molar-refractivity contribution in [2.45, 2.75) is 32.2 Å². The van der Waals surface area contributed by atoms with Crippen molar-refractivity contribution in [1.29, 1.82) is 0 Å². The molecule has 2 rings (SSSR count). The van der Waals surface area contributed by atoms with Gasteiger partial charge in [0.15, 0.2) is 0 Å². The number of hydrazine groups is 1. The Balaban J connectivity index is 1.57. The van der Waals surface area contributed by atoms with Crippen LogP contribution in [0.4, 0.5) is 0 Å². The summed E-state index contributed by atoms with van der Waals surface area (Å²) in [6, 6.07) is 9.54. The smallest absolute Gasteiger partial charge is 0.241 e. The molecule has 0 aromatic heterocycles. The van der Waals surface area contributed by atoms with E-state index in [4.69, 9.17) is 0 Å². The Kier molecular flexibility index (Phi) is 5.31. The van der Waals surface area contributed by atoms with E-state index < -0.39 is 0 Å². The van der Waals surface area contributed by atoms with Crippen LogP contribution in [-0.4, -0.2) is 17.7 Å². The molecule has 1 aliphatic carbocycles. The molecule has 1 fully saturated rings. The predicted octanol–water partition coefficient (Wildman–Crippen LogP) is 0.640. The van der Waals surface area contributed by atoms with Crippen molar-refractivity contribution in [1.82, 2.24) is 16.2 Å². The van der Waals surface area contributed by atoms with Gasteiger partial charge < -0.3 is 5.32 Å². The minimum atomic E-state index is -0.362. The molecule has 21 heavy (non-hydrogen) atoms. The van der Waals surface area contributed by atoms with Gasteiger partial charge in [-0.3, -0.25) is 25.2 Å². The lowest BCUT2D eigenvalue weighted by Crippen LogP contribution is -2.42. The zero-order valence-corrected chi connectivity index (χ0v) is 11.7. The van der Waals surface area contributed by atoms with Crippen LogP contribution < -0.4 is 16.2 Å². The van der Waals surface area contributed by atoms with Gasteiger partial charge in [0.25, 0.3) is 0 Å². The third-order valence-electron chi connectivity index (χ3n) is 3.18. The summed E-state index contributed by atoms with van der Waals surface area (Å²) in [4.78, 5) is 34.4. The van der Waals surface area contributed by atoms with Gasteiger partial charge in [-0.05, 0) is 18.4 Å². The number of carbonyl (C=O) groups is 3. The van der Waals surface area contributed by atoms with Crippen LogP contribution in [0, 0.1) is 5.92 Å². The first-order chi connectivity index (χ1) is 10.1. The SMILES string of the molecule is O=C(CCC(=O)NNC(=O)C1CC1)NCc1ccccc1. The van der Waals surface area contributed by atoms with Gasteiger partial charge in [-0.15, -0.1) is 0 Å². The van der Waals surface area contributed by atoms with Crippen LogP contribution in [0.1, 0.15) is 31.2 Å². The molecule has 0 heterocycles. The maximum atomic E-state index is 11.6. The molecule has 3 N–H and O–H groups in total. The van der Waals surface area contributed by atoms with Crippen molar-refractivity contribution in [3.05, 3.63) is 35.9 Å². The van der Waals surface area contributed by atoms with Crippen molar-refractivity contribution in [2.75, 3.05) is 0 Å². The topological polar surface area (TPSA) is 87.3 Å². The van der Waals surface area contributed by atoms with Crippen molar-refractivity contribution in [2.24, 2.45) is 5.92 Å². The second kappa shape index (κ2) is 7.42. The van der Waals surface area contributed by atoms with E-state index in [1.54, 1.807) is 0 Å². The normalized spacial score (nSPS) is 13.3. The zero-order chi connectivity index (χ0) is 15.1. The van der Waals surface area contributed by atoms with Crippen molar-refractivity contribution >= 4 is 17.7 Å². The highest BCUT2D eigenvalue weighted by Gasteiger charge is 2.29. The number of rotatable bonds is 6. The third-order valence-corrected chi connectivity index (χ3v) is 3.18. The van der Waals surface area contributed by atoms with E-state index in [1.165, 1.54) is 0 Å². The molecule has 0 unspecified atom stereocenters. The minimum Gasteiger partial charge on any atom is -0.352 e. The van der Waals surface area contributed by atoms with Crippen LogP contribution in [0.15, 0.2) is 30.3 Å². The molecule has 1 aromatic carbocycles. The highest BCUT2D eigenvalue weighted by atomic mass is 16.2. The van der Waals surface area contributed by atoms with Crippen molar-refractivity contribution in [3.8, 4) is 0 Å². The molecule has 0 saturated heterocycles. The first kappa shape index (κ1) is 15.0. The summed E-state index contributed by atoms with van der Waals surface area (Å²) in [6.45, 7) is 0.444. The molecule has 0 bridgehead atoms. The lowest BCUT2D eigenvalue weighted by atomic mass is 10.2. The summed E-state index contributed by atoms with van der Waals surface area (Å²) < 4.78 is 0. The third kappa shape index (κ3) is 5.64. The van der Waals surface area contributed by atoms with E-state index in [1.807, 2.05) is 30.3 Å². The fourth-order valence-corrected chi connectivity index (χ4v) is 1.75. The average molecular weight is 289 g/mol. The molecule has 6 nitrogen and oxygen atoms in total. The Morgan fingerprint density at radius 3 is 2.29 bits per heavy atom. The molecular formula is C15H19N3O3. The zero-order valence-electron chi connectivity index (χ0n) is 11.7. The maximum absolute atomic E-state index is 11.6. The van der Waals surface area contributed by atoms with E-state index in [2.05, 4.69) is 16.2 Å². The Morgan fingerprint density at radius 2 is 1.62 bits per heavy atom. The van der Waals surface area contributed by atoms with E-state index in [-0.39, 0.29) is 36.5 Å². The van der Waals surface area contributed by atoms with Gasteiger partial charge in [-0.2, -0.15) is 0 Å². The van der Waals surface area contributed by atoms with E-state index in [0.29, 0.717) is 6.54 Å². The second-order valence-electron chi connectivity index (χ2n) is 5.07. The quantitative estimate of drug-likeness (QED) is 0.672. The van der Waals surface area contributed by atoms with E-state index >= 15 is 0 Å². The first-order valence-corrected chi connectivity index (χ1v) is 7.04. The average Bonchev–Trinajstić information content (AvgIpc) is 3.34. The van der Waals surface area contributed by atoms with Gasteiger partial charge in [-0.1, -0.05) is 30.3 Å². The minimum absolute atomic E-state index is 0.0412. The Hall–Kier alpha value is -2.37. The lowest BCUT2D eigenvalue weighted by molar-refractivity contribution is -0.130. The number of carbonyl (C=O) groups excluding carboxylic acids is 3. The van der Waals surface area contributed by atoms with Gasteiger partial charge in [-0.25, -0.2) is 0 Å². The number of amides is 3. The Labute approximate surface area is 123 Å². The summed E-state index contributed by atoms with van der Waals surface area (Å²) in [5, 5.41) is 2.74. The number of benzene rings is 1. The van der Waals surface area contributed by atoms with Crippen LogP contribution in [-0.2, 0) is 20.9 Å². The van der Waals surface area contributed by atoms with Crippen LogP contribution in [0.5, 0.6) is 0 Å². The highest BCUT2D eigenvalue weighted by Crippen LogP contribution is 2.28. The standard InChI is InChI=1S/C15H19N3O3/c19-13(16-10-11-4-2-1-3-5-11)8-9-14(20)17-18-15(21)12-6-7-12/h1-5,12H,6-10H2,(H,16,19)(H,17,20)(H,18,21). The van der Waals surface area contributed by atoms with Gasteiger partial charge in [0, 0.05) is 25.3 Å². The van der Waals surface area contributed by atoms with Crippen LogP contribution in [0.25, 0.3) is 0 Å². The Bertz CT molecular complexity index is 512. The second-order valence-corrected chi connectivity index (χ2v) is 5.07. The van der Waals surface area contributed by atoms with Crippen LogP contribution in [0.2, 0.25) is 0 Å². The molecule has 6 heteroatoms. The van der Waals surface area contributed by atoms with Gasteiger partial charge >= 0.3 is 0 Å². The summed E-state index contributed by atoms with van der Waals surface area (Å²) in [5.74, 6) is -0.669. The monoisotopic (exact) mass is 289 g/mol. The van der Waals surface area contributed by atoms with Crippen molar-refractivity contribution < 1.29 is 14.4 Å². The largest absolute Gasteiger partial charge is 0.352 e. The predicted molar refractivity (Wildman–Crippen MR) is 76.5 cm³/mol. The fraction of sp³-hybridized carbons (Fsp3) is 0.400. The summed E-state index contributed by atoms with van der Waals surface area (Å²) >= 11 is 0. The molecule has 0 aliphatic heterocycles. The van der Waals surface area contributed by atoms with Gasteiger partial charge in [0.1, 0.15) is 0 Å². The maximum Gasteiger partial charge on any atom is 0.241 e. The molecule has 112 valence electrons. The molecule has 0 atom stereocenters. The summed E-state index contributed by atoms with van der Waals surface area (Å²) in [7, 11) is 0. The van der Waals surface area contributed by atoms with Crippen LogP contribution >= 0.6 is 0 Å². The number of nitrogens with one attached hydrogen (secondary N) is 3. The molecule has 0 radical (unpaired) electrons. The molecule has 0 spiro atoms. The summed E-state index contributed by atoms with van der Waals surface area (Å²) in [6.07, 6.45) is 1.90. The summed E-state index contributed by atoms with van der Waals surface area (Å²) in [5.41, 5.74) is 5.68. The number of hydrogen-bond acceptors (Lipinski definition) is 3. The Morgan fingerprint density at radius 1 is 0.952 bits per heavy atom. The van der Waals surface area contributed by atoms with Crippen molar-refractivity contribution in [3.63, 3.8) is 0 Å². The van der Waals surface area contributed by atoms with E-state index in [9.17, 15) is 14.4 Å². The fourth-order valence-electron chi connectivity index (χ4n) is 1.75. The van der Waals surface area contributed by atoms with Crippen LogP contribution in [0.3, 0.4) is 0 Å².